The number of carbonyl (C=O) groups is 2. The minimum Gasteiger partial charge on any atom is -0.481 e. The number of nitrogens with zero attached hydrogens (tertiary/aromatic N) is 2. The molecular formula is C13H24N2O3. The Morgan fingerprint density at radius 3 is 2.33 bits per heavy atom. The van der Waals surface area contributed by atoms with Crippen molar-refractivity contribution in [3.05, 3.63) is 0 Å². The van der Waals surface area contributed by atoms with Gasteiger partial charge in [-0.1, -0.05) is 6.92 Å². The van der Waals surface area contributed by atoms with E-state index in [1.54, 1.807) is 11.8 Å². The fraction of sp³-hybridized carbons (Fsp3) is 0.846. The Kier molecular flexibility index (Phi) is 5.59. The van der Waals surface area contributed by atoms with Crippen molar-refractivity contribution in [2.75, 3.05) is 33.7 Å². The molecule has 104 valence electrons. The van der Waals surface area contributed by atoms with Crippen molar-refractivity contribution in [3.8, 4) is 0 Å². The zero-order valence-corrected chi connectivity index (χ0v) is 11.6. The molecule has 1 amide bonds. The molecule has 0 aromatic rings. The minimum absolute atomic E-state index is 0.141. The van der Waals surface area contributed by atoms with Gasteiger partial charge in [-0.15, -0.1) is 0 Å². The zero-order valence-electron chi connectivity index (χ0n) is 11.6. The van der Waals surface area contributed by atoms with Gasteiger partial charge in [0.2, 0.25) is 5.91 Å². The van der Waals surface area contributed by atoms with E-state index >= 15 is 0 Å². The predicted molar refractivity (Wildman–Crippen MR) is 69.3 cm³/mol. The fourth-order valence-electron chi connectivity index (χ4n) is 1.87. The van der Waals surface area contributed by atoms with Crippen LogP contribution in [0.4, 0.5) is 0 Å². The molecule has 1 aliphatic rings. The summed E-state index contributed by atoms with van der Waals surface area (Å²) in [5.41, 5.74) is 0. The number of carboxylic acid groups (broad SMARTS) is 1. The van der Waals surface area contributed by atoms with E-state index in [1.165, 1.54) is 0 Å². The topological polar surface area (TPSA) is 60.9 Å². The van der Waals surface area contributed by atoms with Crippen LogP contribution in [0.15, 0.2) is 0 Å². The molecule has 0 saturated heterocycles. The van der Waals surface area contributed by atoms with Crippen molar-refractivity contribution in [1.82, 2.24) is 9.80 Å². The summed E-state index contributed by atoms with van der Waals surface area (Å²) >= 11 is 0. The molecule has 0 aliphatic heterocycles. The summed E-state index contributed by atoms with van der Waals surface area (Å²) in [6.45, 7) is 3.56. The zero-order chi connectivity index (χ0) is 13.7. The summed E-state index contributed by atoms with van der Waals surface area (Å²) < 4.78 is 0. The highest BCUT2D eigenvalue weighted by Crippen LogP contribution is 2.31. The van der Waals surface area contributed by atoms with Crippen LogP contribution >= 0.6 is 0 Å². The van der Waals surface area contributed by atoms with Gasteiger partial charge in [-0.2, -0.15) is 0 Å². The Hall–Kier alpha value is -1.10. The second-order valence-electron chi connectivity index (χ2n) is 5.45. The van der Waals surface area contributed by atoms with E-state index in [-0.39, 0.29) is 11.8 Å². The van der Waals surface area contributed by atoms with Gasteiger partial charge in [-0.05, 0) is 39.9 Å². The van der Waals surface area contributed by atoms with Crippen LogP contribution in [0.1, 0.15) is 26.2 Å². The van der Waals surface area contributed by atoms with E-state index in [4.69, 9.17) is 5.11 Å². The highest BCUT2D eigenvalue weighted by atomic mass is 16.4. The number of hydrogen-bond acceptors (Lipinski definition) is 3. The van der Waals surface area contributed by atoms with Crippen LogP contribution in [-0.4, -0.2) is 60.5 Å². The first-order valence-corrected chi connectivity index (χ1v) is 6.58. The molecule has 1 N–H and O–H groups in total. The largest absolute Gasteiger partial charge is 0.481 e. The molecule has 5 heteroatoms. The molecule has 0 aromatic heterocycles. The Balaban J connectivity index is 2.46. The molecule has 5 nitrogen and oxygen atoms in total. The number of aliphatic carboxylic acids is 1. The van der Waals surface area contributed by atoms with Gasteiger partial charge in [0.15, 0.2) is 0 Å². The van der Waals surface area contributed by atoms with Crippen LogP contribution in [0, 0.1) is 11.8 Å². The standard InChI is InChI=1S/C13H24N2O3/c1-10(13(17)18)9-15(8-4-7-14(2)3)12(16)11-5-6-11/h10-11H,4-9H2,1-3H3,(H,17,18). The van der Waals surface area contributed by atoms with E-state index in [1.807, 2.05) is 14.1 Å². The summed E-state index contributed by atoms with van der Waals surface area (Å²) in [5, 5.41) is 8.93. The number of carbonyl (C=O) groups excluding carboxylic acids is 1. The summed E-state index contributed by atoms with van der Waals surface area (Å²) in [6.07, 6.45) is 2.81. The highest BCUT2D eigenvalue weighted by Gasteiger charge is 2.34. The lowest BCUT2D eigenvalue weighted by Crippen LogP contribution is -2.39. The van der Waals surface area contributed by atoms with Gasteiger partial charge in [0.05, 0.1) is 5.92 Å². The third-order valence-electron chi connectivity index (χ3n) is 3.19. The molecule has 18 heavy (non-hydrogen) atoms. The Morgan fingerprint density at radius 1 is 1.28 bits per heavy atom. The van der Waals surface area contributed by atoms with Crippen LogP contribution in [0.5, 0.6) is 0 Å². The van der Waals surface area contributed by atoms with Crippen molar-refractivity contribution >= 4 is 11.9 Å². The molecule has 1 saturated carbocycles. The van der Waals surface area contributed by atoms with Gasteiger partial charge >= 0.3 is 5.97 Å². The van der Waals surface area contributed by atoms with E-state index in [0.717, 1.165) is 25.8 Å². The predicted octanol–water partition coefficient (Wildman–Crippen LogP) is 0.897. The van der Waals surface area contributed by atoms with E-state index in [9.17, 15) is 9.59 Å². The number of rotatable bonds is 8. The molecule has 1 unspecified atom stereocenters. The number of amides is 1. The third kappa shape index (κ3) is 5.04. The second-order valence-corrected chi connectivity index (χ2v) is 5.45. The maximum Gasteiger partial charge on any atom is 0.308 e. The Morgan fingerprint density at radius 2 is 1.89 bits per heavy atom. The lowest BCUT2D eigenvalue weighted by Gasteiger charge is -2.25. The smallest absolute Gasteiger partial charge is 0.308 e. The van der Waals surface area contributed by atoms with Crippen LogP contribution in [0.25, 0.3) is 0 Å². The molecular weight excluding hydrogens is 232 g/mol. The average Bonchev–Trinajstić information content (AvgIpc) is 3.09. The Bertz CT molecular complexity index is 301. The quantitative estimate of drug-likeness (QED) is 0.701. The van der Waals surface area contributed by atoms with Crippen LogP contribution in [0.3, 0.4) is 0 Å². The molecule has 1 aliphatic carbocycles. The minimum atomic E-state index is -0.837. The summed E-state index contributed by atoms with van der Waals surface area (Å²) in [7, 11) is 3.99. The molecule has 1 fully saturated rings. The first kappa shape index (κ1) is 15.0. The number of carboxylic acids is 1. The molecule has 1 rings (SSSR count). The molecule has 0 spiro atoms. The first-order valence-electron chi connectivity index (χ1n) is 6.58. The number of hydrogen-bond donors (Lipinski definition) is 1. The van der Waals surface area contributed by atoms with Crippen molar-refractivity contribution < 1.29 is 14.7 Å². The van der Waals surface area contributed by atoms with Gasteiger partial charge in [0.25, 0.3) is 0 Å². The van der Waals surface area contributed by atoms with Crippen molar-refractivity contribution in [2.45, 2.75) is 26.2 Å². The fourth-order valence-corrected chi connectivity index (χ4v) is 1.87. The maximum absolute atomic E-state index is 12.1. The van der Waals surface area contributed by atoms with Crippen molar-refractivity contribution in [2.24, 2.45) is 11.8 Å². The SMILES string of the molecule is CC(CN(CCCN(C)C)C(=O)C1CC1)C(=O)O. The monoisotopic (exact) mass is 256 g/mol. The van der Waals surface area contributed by atoms with Gasteiger partial charge in [0.1, 0.15) is 0 Å². The first-order chi connectivity index (χ1) is 8.41. The molecule has 1 atom stereocenters. The van der Waals surface area contributed by atoms with Crippen molar-refractivity contribution in [1.29, 1.82) is 0 Å². The van der Waals surface area contributed by atoms with Crippen LogP contribution < -0.4 is 0 Å². The van der Waals surface area contributed by atoms with Crippen LogP contribution in [-0.2, 0) is 9.59 Å². The maximum atomic E-state index is 12.1. The summed E-state index contributed by atoms with van der Waals surface area (Å²) in [5.74, 6) is -1.03. The molecule has 0 radical (unpaired) electrons. The molecule has 0 bridgehead atoms. The van der Waals surface area contributed by atoms with E-state index in [2.05, 4.69) is 4.90 Å². The van der Waals surface area contributed by atoms with Gasteiger partial charge < -0.3 is 14.9 Å². The normalized spacial score (nSPS) is 16.7. The lowest BCUT2D eigenvalue weighted by atomic mass is 10.1. The van der Waals surface area contributed by atoms with E-state index < -0.39 is 11.9 Å². The van der Waals surface area contributed by atoms with Crippen molar-refractivity contribution in [3.63, 3.8) is 0 Å². The summed E-state index contributed by atoms with van der Waals surface area (Å²) in [6, 6.07) is 0. The van der Waals surface area contributed by atoms with Gasteiger partial charge in [-0.25, -0.2) is 0 Å². The average molecular weight is 256 g/mol. The molecule has 0 heterocycles. The highest BCUT2D eigenvalue weighted by molar-refractivity contribution is 5.81. The van der Waals surface area contributed by atoms with Gasteiger partial charge in [0, 0.05) is 19.0 Å². The summed E-state index contributed by atoms with van der Waals surface area (Å²) in [4.78, 5) is 26.7. The Labute approximate surface area is 109 Å². The van der Waals surface area contributed by atoms with Crippen LogP contribution in [0.2, 0.25) is 0 Å². The van der Waals surface area contributed by atoms with E-state index in [0.29, 0.717) is 13.1 Å². The second kappa shape index (κ2) is 6.73. The third-order valence-corrected chi connectivity index (χ3v) is 3.19. The lowest BCUT2D eigenvalue weighted by molar-refractivity contribution is -0.143. The van der Waals surface area contributed by atoms with Gasteiger partial charge in [-0.3, -0.25) is 9.59 Å². The molecule has 0 aromatic carbocycles.